The normalized spacial score (nSPS) is 22.0. The van der Waals surface area contributed by atoms with Gasteiger partial charge in [-0.2, -0.15) is 5.10 Å². The zero-order chi connectivity index (χ0) is 14.7. The van der Waals surface area contributed by atoms with E-state index in [4.69, 9.17) is 0 Å². The van der Waals surface area contributed by atoms with Crippen LogP contribution < -0.4 is 10.6 Å². The van der Waals surface area contributed by atoms with Crippen LogP contribution in [0.3, 0.4) is 0 Å². The van der Waals surface area contributed by atoms with Gasteiger partial charge in [-0.3, -0.25) is 4.79 Å². The molecule has 1 saturated heterocycles. The molecule has 1 unspecified atom stereocenters. The Kier molecular flexibility index (Phi) is 3.75. The topological polar surface area (TPSA) is 59.0 Å². The Balaban J connectivity index is 1.76. The van der Waals surface area contributed by atoms with E-state index in [1.54, 1.807) is 10.9 Å². The summed E-state index contributed by atoms with van der Waals surface area (Å²) in [7, 11) is 0. The van der Waals surface area contributed by atoms with Crippen molar-refractivity contribution >= 4 is 11.6 Å². The van der Waals surface area contributed by atoms with E-state index in [2.05, 4.69) is 15.7 Å². The van der Waals surface area contributed by atoms with E-state index in [0.29, 0.717) is 0 Å². The van der Waals surface area contributed by atoms with Gasteiger partial charge in [-0.1, -0.05) is 6.07 Å². The average molecular weight is 284 g/mol. The number of amides is 1. The van der Waals surface area contributed by atoms with Gasteiger partial charge in [-0.15, -0.1) is 0 Å². The molecular formula is C16H20N4O. The van der Waals surface area contributed by atoms with Crippen molar-refractivity contribution in [2.45, 2.75) is 31.7 Å². The van der Waals surface area contributed by atoms with E-state index in [9.17, 15) is 4.79 Å². The maximum atomic E-state index is 12.5. The van der Waals surface area contributed by atoms with Crippen LogP contribution in [0.2, 0.25) is 0 Å². The number of benzene rings is 1. The summed E-state index contributed by atoms with van der Waals surface area (Å²) in [5.74, 6) is 0.0276. The number of nitrogens with one attached hydrogen (secondary N) is 2. The van der Waals surface area contributed by atoms with Crippen molar-refractivity contribution < 1.29 is 4.79 Å². The van der Waals surface area contributed by atoms with E-state index in [1.807, 2.05) is 43.5 Å². The minimum Gasteiger partial charge on any atom is -0.324 e. The van der Waals surface area contributed by atoms with Crippen LogP contribution in [0.15, 0.2) is 42.7 Å². The van der Waals surface area contributed by atoms with Crippen LogP contribution in [0.25, 0.3) is 5.69 Å². The Morgan fingerprint density at radius 1 is 1.38 bits per heavy atom. The standard InChI is InChI=1S/C16H20N4O/c1-16(8-2-3-9-17-16)15(21)19-13-6-4-7-14(12-13)20-11-5-10-18-20/h4-7,10-12,17H,2-3,8-9H2,1H3,(H,19,21). The number of carbonyl (C=O) groups is 1. The lowest BCUT2D eigenvalue weighted by Gasteiger charge is -2.33. The van der Waals surface area contributed by atoms with Crippen molar-refractivity contribution in [2.24, 2.45) is 0 Å². The second-order valence-electron chi connectivity index (χ2n) is 5.67. The molecule has 110 valence electrons. The van der Waals surface area contributed by atoms with Gasteiger partial charge >= 0.3 is 0 Å². The third-order valence-electron chi connectivity index (χ3n) is 3.99. The van der Waals surface area contributed by atoms with Crippen molar-refractivity contribution in [2.75, 3.05) is 11.9 Å². The first-order chi connectivity index (χ1) is 10.2. The van der Waals surface area contributed by atoms with Crippen LogP contribution in [-0.2, 0) is 4.79 Å². The largest absolute Gasteiger partial charge is 0.324 e. The van der Waals surface area contributed by atoms with Gasteiger partial charge in [0, 0.05) is 18.1 Å². The van der Waals surface area contributed by atoms with E-state index < -0.39 is 5.54 Å². The highest BCUT2D eigenvalue weighted by Gasteiger charge is 2.34. The van der Waals surface area contributed by atoms with Gasteiger partial charge in [0.15, 0.2) is 0 Å². The monoisotopic (exact) mass is 284 g/mol. The molecule has 1 aliphatic rings. The molecule has 1 amide bonds. The average Bonchev–Trinajstić information content (AvgIpc) is 3.02. The minimum absolute atomic E-state index is 0.0276. The molecule has 1 fully saturated rings. The van der Waals surface area contributed by atoms with Crippen LogP contribution in [0.1, 0.15) is 26.2 Å². The lowest BCUT2D eigenvalue weighted by Crippen LogP contribution is -2.54. The first-order valence-electron chi connectivity index (χ1n) is 7.34. The van der Waals surface area contributed by atoms with Gasteiger partial charge in [0.1, 0.15) is 0 Å². The molecule has 5 heteroatoms. The molecule has 1 atom stereocenters. The van der Waals surface area contributed by atoms with Gasteiger partial charge in [-0.25, -0.2) is 4.68 Å². The molecule has 5 nitrogen and oxygen atoms in total. The molecule has 1 aromatic heterocycles. The SMILES string of the molecule is CC1(C(=O)Nc2cccc(-n3cccn3)c2)CCCCN1. The summed E-state index contributed by atoms with van der Waals surface area (Å²) < 4.78 is 1.77. The highest BCUT2D eigenvalue weighted by Crippen LogP contribution is 2.21. The van der Waals surface area contributed by atoms with Crippen LogP contribution in [0, 0.1) is 0 Å². The van der Waals surface area contributed by atoms with Crippen molar-refractivity contribution in [3.8, 4) is 5.69 Å². The van der Waals surface area contributed by atoms with Gasteiger partial charge in [-0.05, 0) is 57.0 Å². The molecule has 2 N–H and O–H groups in total. The van der Waals surface area contributed by atoms with E-state index >= 15 is 0 Å². The molecule has 0 aliphatic carbocycles. The predicted molar refractivity (Wildman–Crippen MR) is 82.5 cm³/mol. The van der Waals surface area contributed by atoms with Gasteiger partial charge in [0.25, 0.3) is 0 Å². The third-order valence-corrected chi connectivity index (χ3v) is 3.99. The van der Waals surface area contributed by atoms with E-state index in [1.165, 1.54) is 0 Å². The zero-order valence-corrected chi connectivity index (χ0v) is 12.2. The Morgan fingerprint density at radius 2 is 2.29 bits per heavy atom. The molecule has 3 rings (SSSR count). The van der Waals surface area contributed by atoms with Gasteiger partial charge in [0.05, 0.1) is 11.2 Å². The molecule has 2 aromatic rings. The smallest absolute Gasteiger partial charge is 0.244 e. The first-order valence-corrected chi connectivity index (χ1v) is 7.34. The lowest BCUT2D eigenvalue weighted by molar-refractivity contribution is -0.122. The Bertz CT molecular complexity index is 615. The predicted octanol–water partition coefficient (Wildman–Crippen LogP) is 2.34. The quantitative estimate of drug-likeness (QED) is 0.909. The fourth-order valence-electron chi connectivity index (χ4n) is 2.67. The number of aromatic nitrogens is 2. The third kappa shape index (κ3) is 2.97. The number of piperidine rings is 1. The Morgan fingerprint density at radius 3 is 3.00 bits per heavy atom. The maximum Gasteiger partial charge on any atom is 0.244 e. The van der Waals surface area contributed by atoms with E-state index in [-0.39, 0.29) is 5.91 Å². The second-order valence-corrected chi connectivity index (χ2v) is 5.67. The second kappa shape index (κ2) is 5.69. The highest BCUT2D eigenvalue weighted by atomic mass is 16.2. The summed E-state index contributed by atoms with van der Waals surface area (Å²) in [5, 5.41) is 10.5. The van der Waals surface area contributed by atoms with Crippen LogP contribution in [0.5, 0.6) is 0 Å². The fraction of sp³-hybridized carbons (Fsp3) is 0.375. The number of anilines is 1. The fourth-order valence-corrected chi connectivity index (χ4v) is 2.67. The van der Waals surface area contributed by atoms with Gasteiger partial charge < -0.3 is 10.6 Å². The Hall–Kier alpha value is -2.14. The van der Waals surface area contributed by atoms with Crippen molar-refractivity contribution in [1.29, 1.82) is 0 Å². The minimum atomic E-state index is -0.472. The number of carbonyl (C=O) groups excluding carboxylic acids is 1. The number of hydrogen-bond acceptors (Lipinski definition) is 3. The molecule has 2 heterocycles. The Labute approximate surface area is 124 Å². The number of nitrogens with zero attached hydrogens (tertiary/aromatic N) is 2. The lowest BCUT2D eigenvalue weighted by atomic mass is 9.90. The summed E-state index contributed by atoms with van der Waals surface area (Å²) in [6, 6.07) is 9.58. The molecular weight excluding hydrogens is 264 g/mol. The van der Waals surface area contributed by atoms with Crippen molar-refractivity contribution in [3.05, 3.63) is 42.7 Å². The zero-order valence-electron chi connectivity index (χ0n) is 12.2. The highest BCUT2D eigenvalue weighted by molar-refractivity contribution is 5.98. The van der Waals surface area contributed by atoms with E-state index in [0.717, 1.165) is 37.2 Å². The molecule has 1 aromatic carbocycles. The summed E-state index contributed by atoms with van der Waals surface area (Å²) >= 11 is 0. The van der Waals surface area contributed by atoms with Gasteiger partial charge in [0.2, 0.25) is 5.91 Å². The molecule has 0 saturated carbocycles. The molecule has 0 bridgehead atoms. The number of rotatable bonds is 3. The summed E-state index contributed by atoms with van der Waals surface area (Å²) in [4.78, 5) is 12.5. The van der Waals surface area contributed by atoms with Crippen LogP contribution >= 0.6 is 0 Å². The summed E-state index contributed by atoms with van der Waals surface area (Å²) in [6.45, 7) is 2.87. The summed E-state index contributed by atoms with van der Waals surface area (Å²) in [6.07, 6.45) is 6.71. The number of hydrogen-bond donors (Lipinski definition) is 2. The molecule has 1 aliphatic heterocycles. The maximum absolute atomic E-state index is 12.5. The van der Waals surface area contributed by atoms with Crippen molar-refractivity contribution in [3.63, 3.8) is 0 Å². The first kappa shape index (κ1) is 13.8. The molecule has 21 heavy (non-hydrogen) atoms. The van der Waals surface area contributed by atoms with Crippen LogP contribution in [-0.4, -0.2) is 27.8 Å². The summed E-state index contributed by atoms with van der Waals surface area (Å²) in [5.41, 5.74) is 1.25. The van der Waals surface area contributed by atoms with Crippen LogP contribution in [0.4, 0.5) is 5.69 Å². The van der Waals surface area contributed by atoms with Crippen molar-refractivity contribution in [1.82, 2.24) is 15.1 Å². The molecule has 0 radical (unpaired) electrons. The molecule has 0 spiro atoms.